The molecule has 8 heteroatoms. The van der Waals surface area contributed by atoms with Crippen LogP contribution >= 0.6 is 0 Å². The van der Waals surface area contributed by atoms with Gasteiger partial charge >= 0.3 is 0 Å². The summed E-state index contributed by atoms with van der Waals surface area (Å²) in [6.07, 6.45) is 2.98. The fraction of sp³-hybridized carbons (Fsp3) is 0.300. The number of aryl methyl sites for hydroxylation is 1. The molecule has 0 aromatic carbocycles. The molecule has 0 saturated carbocycles. The van der Waals surface area contributed by atoms with E-state index in [9.17, 15) is 9.90 Å². The van der Waals surface area contributed by atoms with E-state index in [0.29, 0.717) is 29.2 Å². The average Bonchev–Trinajstić information content (AvgIpc) is 2.77. The summed E-state index contributed by atoms with van der Waals surface area (Å²) in [4.78, 5) is 18.4. The van der Waals surface area contributed by atoms with Gasteiger partial charge in [0.1, 0.15) is 23.7 Å². The molecule has 0 saturated heterocycles. The smallest absolute Gasteiger partial charge is 0.293 e. The Morgan fingerprint density at radius 2 is 2.17 bits per heavy atom. The highest BCUT2D eigenvalue weighted by Gasteiger charge is 2.17. The van der Waals surface area contributed by atoms with Gasteiger partial charge in [0.2, 0.25) is 0 Å². The Labute approximate surface area is 102 Å². The van der Waals surface area contributed by atoms with Crippen molar-refractivity contribution in [2.75, 3.05) is 0 Å². The molecule has 0 aliphatic carbocycles. The number of aliphatic hydroxyl groups excluding tert-OH is 1. The second-order valence-electron chi connectivity index (χ2n) is 3.43. The Morgan fingerprint density at radius 3 is 2.89 bits per heavy atom. The molecule has 0 amide bonds. The third-order valence-electron chi connectivity index (χ3n) is 2.38. The van der Waals surface area contributed by atoms with E-state index >= 15 is 0 Å². The van der Waals surface area contributed by atoms with Crippen molar-refractivity contribution in [3.8, 4) is 11.4 Å². The molecule has 18 heavy (non-hydrogen) atoms. The summed E-state index contributed by atoms with van der Waals surface area (Å²) in [7, 11) is 1.67. The molecule has 0 aliphatic rings. The number of hydrogen-bond acceptors (Lipinski definition) is 7. The number of carbonyl (C=O) groups excluding carboxylic acids is 1. The minimum Gasteiger partial charge on any atom is -0.461 e. The van der Waals surface area contributed by atoms with Crippen LogP contribution in [0.4, 0.5) is 0 Å². The van der Waals surface area contributed by atoms with Gasteiger partial charge in [0, 0.05) is 19.4 Å². The van der Waals surface area contributed by atoms with Crippen LogP contribution in [0.5, 0.6) is 0 Å². The molecule has 2 aromatic heterocycles. The van der Waals surface area contributed by atoms with Crippen LogP contribution in [-0.2, 0) is 29.8 Å². The quantitative estimate of drug-likeness (QED) is 0.708. The summed E-state index contributed by atoms with van der Waals surface area (Å²) < 4.78 is 6.11. The minimum atomic E-state index is -0.219. The summed E-state index contributed by atoms with van der Waals surface area (Å²) in [5.41, 5.74) is 1.84. The summed E-state index contributed by atoms with van der Waals surface area (Å²) in [6, 6.07) is 0. The van der Waals surface area contributed by atoms with Crippen molar-refractivity contribution < 1.29 is 14.6 Å². The Hall–Kier alpha value is -2.35. The van der Waals surface area contributed by atoms with Gasteiger partial charge in [-0.3, -0.25) is 14.8 Å². The molecule has 0 aliphatic heterocycles. The number of carbonyl (C=O) groups is 1. The second-order valence-corrected chi connectivity index (χ2v) is 3.43. The highest BCUT2D eigenvalue weighted by molar-refractivity contribution is 5.59. The molecule has 0 fully saturated rings. The number of hydrogen-bond donors (Lipinski definition) is 1. The third-order valence-corrected chi connectivity index (χ3v) is 2.38. The van der Waals surface area contributed by atoms with Gasteiger partial charge in [0.15, 0.2) is 0 Å². The van der Waals surface area contributed by atoms with Gasteiger partial charge in [0.05, 0.1) is 12.3 Å². The minimum absolute atomic E-state index is 0.00584. The van der Waals surface area contributed by atoms with E-state index < -0.39 is 0 Å². The van der Waals surface area contributed by atoms with E-state index in [-0.39, 0.29) is 13.2 Å². The summed E-state index contributed by atoms with van der Waals surface area (Å²) in [5, 5.41) is 17.0. The second kappa shape index (κ2) is 5.32. The molecule has 0 spiro atoms. The number of rotatable bonds is 5. The van der Waals surface area contributed by atoms with Crippen LogP contribution in [0.2, 0.25) is 0 Å². The van der Waals surface area contributed by atoms with E-state index in [2.05, 4.69) is 25.0 Å². The molecule has 0 atom stereocenters. The number of aliphatic hydroxyl groups is 1. The molecular formula is C10H11N5O3. The van der Waals surface area contributed by atoms with Crippen molar-refractivity contribution in [1.82, 2.24) is 25.0 Å². The maximum atomic E-state index is 10.2. The van der Waals surface area contributed by atoms with E-state index in [0.717, 1.165) is 0 Å². The molecule has 2 rings (SSSR count). The topological polar surface area (TPSA) is 103 Å². The third kappa shape index (κ3) is 2.18. The lowest BCUT2D eigenvalue weighted by Crippen LogP contribution is -2.03. The molecule has 94 valence electrons. The largest absolute Gasteiger partial charge is 0.461 e. The van der Waals surface area contributed by atoms with Crippen LogP contribution in [0.3, 0.4) is 0 Å². The normalized spacial score (nSPS) is 10.3. The fourth-order valence-corrected chi connectivity index (χ4v) is 1.52. The molecule has 0 unspecified atom stereocenters. The SMILES string of the molecule is Cn1nnc(-c2nccnc2COC=O)c1CO. The molecule has 0 bridgehead atoms. The molecule has 0 radical (unpaired) electrons. The standard InChI is InChI=1S/C10H11N5O3/c1-15-8(4-16)10(13-14-15)9-7(5-18-6-17)11-2-3-12-9/h2-3,6,16H,4-5H2,1H3. The Balaban J connectivity index is 2.46. The summed E-state index contributed by atoms with van der Waals surface area (Å²) in [6.45, 7) is 0.111. The van der Waals surface area contributed by atoms with Crippen LogP contribution < -0.4 is 0 Å². The highest BCUT2D eigenvalue weighted by atomic mass is 16.5. The van der Waals surface area contributed by atoms with E-state index in [1.165, 1.54) is 17.1 Å². The van der Waals surface area contributed by atoms with Crippen LogP contribution in [0.25, 0.3) is 11.4 Å². The maximum absolute atomic E-state index is 10.2. The van der Waals surface area contributed by atoms with Gasteiger partial charge in [-0.05, 0) is 0 Å². The lowest BCUT2D eigenvalue weighted by molar-refractivity contribution is -0.129. The zero-order valence-electron chi connectivity index (χ0n) is 9.65. The van der Waals surface area contributed by atoms with Gasteiger partial charge in [-0.15, -0.1) is 5.10 Å². The van der Waals surface area contributed by atoms with Gasteiger partial charge in [-0.25, -0.2) is 4.68 Å². The molecule has 8 nitrogen and oxygen atoms in total. The first kappa shape index (κ1) is 12.1. The Morgan fingerprint density at radius 1 is 1.39 bits per heavy atom. The lowest BCUT2D eigenvalue weighted by atomic mass is 10.2. The van der Waals surface area contributed by atoms with Gasteiger partial charge in [-0.2, -0.15) is 0 Å². The van der Waals surface area contributed by atoms with Gasteiger partial charge in [0.25, 0.3) is 6.47 Å². The maximum Gasteiger partial charge on any atom is 0.293 e. The van der Waals surface area contributed by atoms with Crippen LogP contribution in [0.1, 0.15) is 11.4 Å². The first-order chi connectivity index (χ1) is 8.77. The molecular weight excluding hydrogens is 238 g/mol. The zero-order valence-corrected chi connectivity index (χ0v) is 9.65. The van der Waals surface area contributed by atoms with Crippen molar-refractivity contribution in [1.29, 1.82) is 0 Å². The van der Waals surface area contributed by atoms with E-state index in [4.69, 9.17) is 0 Å². The number of ether oxygens (including phenoxy) is 1. The fourth-order valence-electron chi connectivity index (χ4n) is 1.52. The van der Waals surface area contributed by atoms with Crippen molar-refractivity contribution >= 4 is 6.47 Å². The summed E-state index contributed by atoms with van der Waals surface area (Å²) in [5.74, 6) is 0. The zero-order chi connectivity index (χ0) is 13.0. The predicted molar refractivity (Wildman–Crippen MR) is 58.8 cm³/mol. The average molecular weight is 249 g/mol. The first-order valence-electron chi connectivity index (χ1n) is 5.12. The highest BCUT2D eigenvalue weighted by Crippen LogP contribution is 2.21. The first-order valence-corrected chi connectivity index (χ1v) is 5.12. The van der Waals surface area contributed by atoms with Crippen LogP contribution in [0, 0.1) is 0 Å². The number of nitrogens with zero attached hydrogens (tertiary/aromatic N) is 5. The van der Waals surface area contributed by atoms with Gasteiger partial charge in [-0.1, -0.05) is 5.21 Å². The van der Waals surface area contributed by atoms with Crippen molar-refractivity contribution in [3.63, 3.8) is 0 Å². The molecule has 2 heterocycles. The van der Waals surface area contributed by atoms with E-state index in [1.807, 2.05) is 0 Å². The van der Waals surface area contributed by atoms with E-state index in [1.54, 1.807) is 7.05 Å². The lowest BCUT2D eigenvalue weighted by Gasteiger charge is -2.05. The van der Waals surface area contributed by atoms with Gasteiger partial charge < -0.3 is 9.84 Å². The van der Waals surface area contributed by atoms with Crippen molar-refractivity contribution in [2.45, 2.75) is 13.2 Å². The Bertz CT molecular complexity index is 554. The molecule has 1 N–H and O–H groups in total. The van der Waals surface area contributed by atoms with Crippen LogP contribution in [-0.4, -0.2) is 36.5 Å². The van der Waals surface area contributed by atoms with Crippen LogP contribution in [0.15, 0.2) is 12.4 Å². The monoisotopic (exact) mass is 249 g/mol. The number of aromatic nitrogens is 5. The molecule has 2 aromatic rings. The van der Waals surface area contributed by atoms with Crippen molar-refractivity contribution in [3.05, 3.63) is 23.8 Å². The summed E-state index contributed by atoms with van der Waals surface area (Å²) >= 11 is 0. The predicted octanol–water partition coefficient (Wildman–Crippen LogP) is -0.563. The van der Waals surface area contributed by atoms with Crippen molar-refractivity contribution in [2.24, 2.45) is 7.05 Å². The Kier molecular flexibility index (Phi) is 3.58.